The number of allylic oxidation sites excluding steroid dienone is 2. The molecule has 1 fully saturated rings. The third kappa shape index (κ3) is 11.5. The van der Waals surface area contributed by atoms with Gasteiger partial charge in [0.2, 0.25) is 0 Å². The molecule has 3 unspecified atom stereocenters. The van der Waals surface area contributed by atoms with Crippen molar-refractivity contribution in [1.82, 2.24) is 4.90 Å². The van der Waals surface area contributed by atoms with Crippen molar-refractivity contribution in [2.75, 3.05) is 26.9 Å². The second-order valence-electron chi connectivity index (χ2n) is 11.1. The lowest BCUT2D eigenvalue weighted by molar-refractivity contribution is -0.143. The first kappa shape index (κ1) is 32.4. The molecule has 2 aliphatic rings. The Morgan fingerprint density at radius 2 is 1.68 bits per heavy atom. The van der Waals surface area contributed by atoms with Gasteiger partial charge in [0.25, 0.3) is 0 Å². The van der Waals surface area contributed by atoms with Crippen LogP contribution in [0.5, 0.6) is 0 Å². The maximum Gasteiger partial charge on any atom is 0.309 e. The van der Waals surface area contributed by atoms with E-state index >= 15 is 0 Å². The third-order valence-electron chi connectivity index (χ3n) is 7.88. The Hall–Kier alpha value is -0.780. The van der Waals surface area contributed by atoms with Crippen LogP contribution in [0.3, 0.4) is 0 Å². The van der Waals surface area contributed by atoms with Crippen LogP contribution in [0, 0.1) is 17.8 Å². The number of likely N-dealkylation sites (N-methyl/N-ethyl adjacent to an activating group) is 1. The van der Waals surface area contributed by atoms with Crippen molar-refractivity contribution in [2.45, 2.75) is 121 Å². The molecule has 0 aromatic rings. The van der Waals surface area contributed by atoms with Crippen molar-refractivity contribution < 1.29 is 14.3 Å². The fourth-order valence-electron chi connectivity index (χ4n) is 5.43. The van der Waals surface area contributed by atoms with Crippen molar-refractivity contribution >= 4 is 35.5 Å². The molecule has 2 heterocycles. The minimum Gasteiger partial charge on any atom is -0.465 e. The maximum absolute atomic E-state index is 12.5. The van der Waals surface area contributed by atoms with Crippen molar-refractivity contribution in [3.8, 4) is 0 Å². The highest BCUT2D eigenvalue weighted by Crippen LogP contribution is 2.43. The van der Waals surface area contributed by atoms with Gasteiger partial charge in [-0.05, 0) is 44.4 Å². The molecule has 7 heteroatoms. The van der Waals surface area contributed by atoms with Gasteiger partial charge in [0.1, 0.15) is 0 Å². The van der Waals surface area contributed by atoms with E-state index in [9.17, 15) is 4.79 Å². The lowest BCUT2D eigenvalue weighted by Crippen LogP contribution is -2.45. The molecule has 2 rings (SSSR count). The summed E-state index contributed by atoms with van der Waals surface area (Å²) < 4.78 is 11.4. The fourth-order valence-corrected chi connectivity index (χ4v) is 6.03. The summed E-state index contributed by atoms with van der Waals surface area (Å²) in [5, 5.41) is 0. The predicted octanol–water partition coefficient (Wildman–Crippen LogP) is 8.33. The summed E-state index contributed by atoms with van der Waals surface area (Å²) in [4.78, 5) is 17.7. The zero-order valence-corrected chi connectivity index (χ0v) is 25.2. The molecule has 0 spiro atoms. The lowest BCUT2D eigenvalue weighted by atomic mass is 9.81. The number of hydrogen-bond acceptors (Lipinski definition) is 5. The Kier molecular flexibility index (Phi) is 16.2. The first-order chi connectivity index (χ1) is 17.9. The Morgan fingerprint density at radius 1 is 1.08 bits per heavy atom. The summed E-state index contributed by atoms with van der Waals surface area (Å²) in [6, 6.07) is 0. The van der Waals surface area contributed by atoms with Crippen molar-refractivity contribution in [3.63, 3.8) is 0 Å². The van der Waals surface area contributed by atoms with E-state index in [0.717, 1.165) is 13.0 Å². The van der Waals surface area contributed by atoms with Crippen molar-refractivity contribution in [2.24, 2.45) is 22.7 Å². The molecular weight excluding hydrogens is 507 g/mol. The highest BCUT2D eigenvalue weighted by atomic mass is 35.5. The average Bonchev–Trinajstić information content (AvgIpc) is 3.36. The minimum atomic E-state index is -0.817. The number of carbonyl (C=O) groups excluding carboxylic acids is 1. The second kappa shape index (κ2) is 18.5. The van der Waals surface area contributed by atoms with Crippen molar-refractivity contribution in [3.05, 3.63) is 12.2 Å². The molecule has 214 valence electrons. The number of ether oxygens (including phenoxy) is 2. The number of cyclic esters (lactones) is 1. The van der Waals surface area contributed by atoms with Gasteiger partial charge in [0.15, 0.2) is 10.5 Å². The summed E-state index contributed by atoms with van der Waals surface area (Å²) in [5.41, 5.74) is -0.534. The molecule has 0 aromatic heterocycles. The van der Waals surface area contributed by atoms with Crippen LogP contribution in [-0.4, -0.2) is 54.6 Å². The van der Waals surface area contributed by atoms with Gasteiger partial charge in [-0.3, -0.25) is 9.79 Å². The van der Waals surface area contributed by atoms with Gasteiger partial charge in [-0.2, -0.15) is 0 Å². The quantitative estimate of drug-likeness (QED) is 0.0466. The average molecular weight is 560 g/mol. The van der Waals surface area contributed by atoms with E-state index in [1.807, 2.05) is 11.9 Å². The Bertz CT molecular complexity index is 676. The number of alkyl halides is 2. The highest BCUT2D eigenvalue weighted by Gasteiger charge is 2.50. The largest absolute Gasteiger partial charge is 0.465 e. The van der Waals surface area contributed by atoms with Gasteiger partial charge in [-0.1, -0.05) is 107 Å². The number of aliphatic imine (C=N–C) groups is 1. The molecular formula is C30H52Cl2N2O3. The van der Waals surface area contributed by atoms with E-state index in [4.69, 9.17) is 32.7 Å². The summed E-state index contributed by atoms with van der Waals surface area (Å²) >= 11 is 13.1. The van der Waals surface area contributed by atoms with Crippen LogP contribution in [0.15, 0.2) is 17.1 Å². The molecule has 2 aliphatic heterocycles. The van der Waals surface area contributed by atoms with Crippen LogP contribution in [-0.2, 0) is 14.3 Å². The Balaban J connectivity index is 1.46. The van der Waals surface area contributed by atoms with Crippen molar-refractivity contribution in [1.29, 1.82) is 0 Å². The van der Waals surface area contributed by atoms with Crippen LogP contribution in [0.2, 0.25) is 0 Å². The molecule has 1 saturated heterocycles. The van der Waals surface area contributed by atoms with Gasteiger partial charge in [0.05, 0.1) is 18.9 Å². The topological polar surface area (TPSA) is 51.1 Å². The number of hydrogen-bond donors (Lipinski definition) is 0. The summed E-state index contributed by atoms with van der Waals surface area (Å²) in [7, 11) is 1.87. The van der Waals surface area contributed by atoms with Gasteiger partial charge in [-0.15, -0.1) is 0 Å². The standard InChI is InChI=1S/C30H52Cl2N2O3/c1-4-5-6-7-8-9-10-11-12-13-14-15-16-17-18-19-20-36-22-25(2)27-26(23-37-28(27)35)21-30(32)29(31)33-24-34(30)3/h11-12,24-27,29H,4-10,13-23H2,1-3H3/b12-11-/t25?,26-,27-,29?,30?/m0/s1. The number of unbranched alkanes of at least 4 members (excludes halogenated alkanes) is 12. The van der Waals surface area contributed by atoms with Crippen LogP contribution in [0.1, 0.15) is 110 Å². The highest BCUT2D eigenvalue weighted by molar-refractivity contribution is 6.33. The van der Waals surface area contributed by atoms with Gasteiger partial charge in [0, 0.05) is 26.2 Å². The Morgan fingerprint density at radius 3 is 2.27 bits per heavy atom. The van der Waals surface area contributed by atoms with E-state index in [-0.39, 0.29) is 23.7 Å². The monoisotopic (exact) mass is 558 g/mol. The smallest absolute Gasteiger partial charge is 0.309 e. The molecule has 0 saturated carbocycles. The molecule has 0 aromatic carbocycles. The zero-order valence-electron chi connectivity index (χ0n) is 23.6. The lowest BCUT2D eigenvalue weighted by Gasteiger charge is -2.35. The number of halogens is 2. The molecule has 5 atom stereocenters. The molecule has 0 bridgehead atoms. The van der Waals surface area contributed by atoms with E-state index in [1.165, 1.54) is 83.5 Å². The predicted molar refractivity (Wildman–Crippen MR) is 156 cm³/mol. The van der Waals surface area contributed by atoms with Gasteiger partial charge < -0.3 is 14.4 Å². The summed E-state index contributed by atoms with van der Waals surface area (Å²) in [5.74, 6) is -0.269. The normalized spacial score (nSPS) is 26.5. The summed E-state index contributed by atoms with van der Waals surface area (Å²) in [6.07, 6.45) is 25.2. The van der Waals surface area contributed by atoms with E-state index in [2.05, 4.69) is 31.0 Å². The van der Waals surface area contributed by atoms with E-state index < -0.39 is 10.5 Å². The van der Waals surface area contributed by atoms with Crippen LogP contribution in [0.25, 0.3) is 0 Å². The number of rotatable bonds is 21. The third-order valence-corrected chi connectivity index (χ3v) is 9.10. The number of nitrogens with zero attached hydrogens (tertiary/aromatic N) is 2. The van der Waals surface area contributed by atoms with Crippen LogP contribution >= 0.6 is 23.2 Å². The summed E-state index contributed by atoms with van der Waals surface area (Å²) in [6.45, 7) is 6.04. The van der Waals surface area contributed by atoms with E-state index in [0.29, 0.717) is 19.6 Å². The molecule has 37 heavy (non-hydrogen) atoms. The first-order valence-electron chi connectivity index (χ1n) is 14.9. The molecule has 0 amide bonds. The minimum absolute atomic E-state index is 0.0133. The fraction of sp³-hybridized carbons (Fsp3) is 0.867. The van der Waals surface area contributed by atoms with Crippen LogP contribution < -0.4 is 0 Å². The zero-order chi connectivity index (χ0) is 26.9. The SMILES string of the molecule is CCCCCCCC/C=C\CCCCCCCCOCC(C)[C@@H]1C(=O)OC[C@@H]1CC1(Cl)C(Cl)N=CN1C. The van der Waals surface area contributed by atoms with E-state index in [1.54, 1.807) is 6.34 Å². The van der Waals surface area contributed by atoms with Crippen LogP contribution in [0.4, 0.5) is 0 Å². The molecule has 5 nitrogen and oxygen atoms in total. The molecule has 0 aliphatic carbocycles. The number of esters is 1. The molecule has 0 N–H and O–H groups in total. The van der Waals surface area contributed by atoms with Gasteiger partial charge >= 0.3 is 5.97 Å². The molecule has 0 radical (unpaired) electrons. The maximum atomic E-state index is 12.5. The second-order valence-corrected chi connectivity index (χ2v) is 12.2. The number of carbonyl (C=O) groups is 1. The van der Waals surface area contributed by atoms with Gasteiger partial charge in [-0.25, -0.2) is 0 Å². The first-order valence-corrected chi connectivity index (χ1v) is 15.7. The Labute approximate surface area is 236 Å².